The van der Waals surface area contributed by atoms with Crippen LogP contribution in [0.2, 0.25) is 0 Å². The molecule has 0 spiro atoms. The zero-order valence-electron chi connectivity index (χ0n) is 10.9. The first-order valence-electron chi connectivity index (χ1n) is 6.41. The van der Waals surface area contributed by atoms with Crippen LogP contribution in [0.3, 0.4) is 0 Å². The number of aldehydes is 1. The fraction of sp³-hybridized carbons (Fsp3) is 0.600. The molecule has 0 aromatic carbocycles. The van der Waals surface area contributed by atoms with Gasteiger partial charge >= 0.3 is 0 Å². The highest BCUT2D eigenvalue weighted by molar-refractivity contribution is 5.91. The van der Waals surface area contributed by atoms with Crippen LogP contribution in [0.25, 0.3) is 0 Å². The molecule has 0 amide bonds. The number of ketones is 1. The number of rotatable bonds is 6. The fourth-order valence-corrected chi connectivity index (χ4v) is 2.20. The summed E-state index contributed by atoms with van der Waals surface area (Å²) in [5.41, 5.74) is 2.83. The summed E-state index contributed by atoms with van der Waals surface area (Å²) < 4.78 is 0. The van der Waals surface area contributed by atoms with E-state index in [0.29, 0.717) is 0 Å². The molecule has 0 aromatic rings. The molecule has 17 heavy (non-hydrogen) atoms. The molecule has 2 nitrogen and oxygen atoms in total. The van der Waals surface area contributed by atoms with Crippen LogP contribution in [-0.4, -0.2) is 12.1 Å². The maximum absolute atomic E-state index is 11.5. The largest absolute Gasteiger partial charge is 0.303 e. The summed E-state index contributed by atoms with van der Waals surface area (Å²) in [6, 6.07) is 0. The van der Waals surface area contributed by atoms with Crippen LogP contribution >= 0.6 is 0 Å². The average molecular weight is 234 g/mol. The maximum atomic E-state index is 11.5. The van der Waals surface area contributed by atoms with Gasteiger partial charge in [-0.15, -0.1) is 0 Å². The maximum Gasteiger partial charge on any atom is 0.143 e. The predicted octanol–water partition coefficient (Wildman–Crippen LogP) is 3.62. The molecule has 0 bridgehead atoms. The highest BCUT2D eigenvalue weighted by atomic mass is 16.1. The zero-order chi connectivity index (χ0) is 12.7. The molecule has 1 aliphatic rings. The third-order valence-electron chi connectivity index (χ3n) is 3.26. The summed E-state index contributed by atoms with van der Waals surface area (Å²) in [7, 11) is 0. The molecule has 2 heteroatoms. The van der Waals surface area contributed by atoms with E-state index in [2.05, 4.69) is 26.0 Å². The van der Waals surface area contributed by atoms with Gasteiger partial charge in [-0.25, -0.2) is 0 Å². The molecule has 1 aliphatic carbocycles. The molecule has 0 saturated heterocycles. The number of hydrogen-bond donors (Lipinski definition) is 0. The number of allylic oxidation sites excluding steroid dienone is 4. The molecule has 0 heterocycles. The molecule has 94 valence electrons. The van der Waals surface area contributed by atoms with Gasteiger partial charge in [0.1, 0.15) is 12.1 Å². The normalized spacial score (nSPS) is 19.4. The van der Waals surface area contributed by atoms with Crippen LogP contribution in [0.15, 0.2) is 23.3 Å². The van der Waals surface area contributed by atoms with Crippen molar-refractivity contribution in [3.8, 4) is 0 Å². The minimum atomic E-state index is 0.0889. The summed E-state index contributed by atoms with van der Waals surface area (Å²) in [5, 5.41) is 0. The molecule has 0 saturated carbocycles. The van der Waals surface area contributed by atoms with Gasteiger partial charge in [0.05, 0.1) is 6.42 Å². The summed E-state index contributed by atoms with van der Waals surface area (Å²) >= 11 is 0. The van der Waals surface area contributed by atoms with E-state index in [1.807, 2.05) is 0 Å². The molecule has 0 radical (unpaired) electrons. The number of carbonyl (C=O) groups excluding carboxylic acids is 2. The molecule has 0 N–H and O–H groups in total. The van der Waals surface area contributed by atoms with E-state index in [0.717, 1.165) is 38.4 Å². The van der Waals surface area contributed by atoms with Crippen molar-refractivity contribution in [2.24, 2.45) is 5.92 Å². The van der Waals surface area contributed by atoms with Crippen LogP contribution in [0.5, 0.6) is 0 Å². The van der Waals surface area contributed by atoms with Crippen molar-refractivity contribution in [2.45, 2.75) is 52.4 Å². The van der Waals surface area contributed by atoms with Crippen molar-refractivity contribution in [3.63, 3.8) is 0 Å². The van der Waals surface area contributed by atoms with Crippen LogP contribution in [0.1, 0.15) is 52.4 Å². The Labute approximate surface area is 104 Å². The lowest BCUT2D eigenvalue weighted by molar-refractivity contribution is -0.125. The van der Waals surface area contributed by atoms with Gasteiger partial charge in [-0.05, 0) is 46.0 Å². The highest BCUT2D eigenvalue weighted by Gasteiger charge is 2.20. The zero-order valence-corrected chi connectivity index (χ0v) is 10.9. The first kappa shape index (κ1) is 13.9. The Morgan fingerprint density at radius 2 is 2.24 bits per heavy atom. The van der Waals surface area contributed by atoms with Gasteiger partial charge in [0.25, 0.3) is 0 Å². The van der Waals surface area contributed by atoms with Gasteiger partial charge in [0, 0.05) is 5.92 Å². The lowest BCUT2D eigenvalue weighted by atomic mass is 9.84. The van der Waals surface area contributed by atoms with Crippen LogP contribution in [-0.2, 0) is 9.59 Å². The lowest BCUT2D eigenvalue weighted by Crippen LogP contribution is -2.17. The first-order chi connectivity index (χ1) is 8.13. The van der Waals surface area contributed by atoms with E-state index in [1.54, 1.807) is 0 Å². The molecular formula is C15H22O2. The molecule has 1 atom stereocenters. The van der Waals surface area contributed by atoms with Crippen molar-refractivity contribution in [1.82, 2.24) is 0 Å². The van der Waals surface area contributed by atoms with Crippen molar-refractivity contribution >= 4 is 12.1 Å². The van der Waals surface area contributed by atoms with Crippen molar-refractivity contribution < 1.29 is 9.59 Å². The van der Waals surface area contributed by atoms with Gasteiger partial charge in [-0.3, -0.25) is 4.79 Å². The second kappa shape index (κ2) is 7.21. The quantitative estimate of drug-likeness (QED) is 0.399. The van der Waals surface area contributed by atoms with Gasteiger partial charge in [-0.1, -0.05) is 23.3 Å². The van der Waals surface area contributed by atoms with E-state index in [-0.39, 0.29) is 18.1 Å². The van der Waals surface area contributed by atoms with E-state index < -0.39 is 0 Å². The molecule has 1 rings (SSSR count). The minimum absolute atomic E-state index is 0.0889. The first-order valence-corrected chi connectivity index (χ1v) is 6.41. The summed E-state index contributed by atoms with van der Waals surface area (Å²) in [4.78, 5) is 21.8. The summed E-state index contributed by atoms with van der Waals surface area (Å²) in [6.45, 7) is 4.23. The number of carbonyl (C=O) groups is 2. The van der Waals surface area contributed by atoms with Crippen molar-refractivity contribution in [2.75, 3.05) is 0 Å². The van der Waals surface area contributed by atoms with Crippen LogP contribution in [0.4, 0.5) is 0 Å². The van der Waals surface area contributed by atoms with E-state index >= 15 is 0 Å². The van der Waals surface area contributed by atoms with Crippen LogP contribution in [0, 0.1) is 5.92 Å². The van der Waals surface area contributed by atoms with E-state index in [9.17, 15) is 9.59 Å². The average Bonchev–Trinajstić information content (AvgIpc) is 2.30. The number of hydrogen-bond acceptors (Lipinski definition) is 2. The Bertz CT molecular complexity index is 333. The van der Waals surface area contributed by atoms with Crippen molar-refractivity contribution in [1.29, 1.82) is 0 Å². The molecule has 1 unspecified atom stereocenters. The van der Waals surface area contributed by atoms with Gasteiger partial charge in [-0.2, -0.15) is 0 Å². The Morgan fingerprint density at radius 3 is 2.76 bits per heavy atom. The highest BCUT2D eigenvalue weighted by Crippen LogP contribution is 2.27. The molecule has 0 aliphatic heterocycles. The lowest BCUT2D eigenvalue weighted by Gasteiger charge is -2.20. The van der Waals surface area contributed by atoms with Crippen molar-refractivity contribution in [3.05, 3.63) is 23.3 Å². The van der Waals surface area contributed by atoms with Gasteiger partial charge < -0.3 is 4.79 Å². The summed E-state index contributed by atoms with van der Waals surface area (Å²) in [6.07, 6.45) is 10.2. The second-order valence-corrected chi connectivity index (χ2v) is 4.99. The SMILES string of the molecule is CC(C)=CCCC1=CCC(C(=O)CC=O)CC1. The monoisotopic (exact) mass is 234 g/mol. The number of Topliss-reactive ketones (excluding diaryl/α,β-unsaturated/α-hetero) is 1. The predicted molar refractivity (Wildman–Crippen MR) is 69.8 cm³/mol. The van der Waals surface area contributed by atoms with E-state index in [1.165, 1.54) is 11.1 Å². The molecule has 0 aromatic heterocycles. The Balaban J connectivity index is 2.36. The van der Waals surface area contributed by atoms with Gasteiger partial charge in [0.15, 0.2) is 0 Å². The molecular weight excluding hydrogens is 212 g/mol. The third kappa shape index (κ3) is 5.12. The van der Waals surface area contributed by atoms with Gasteiger partial charge in [0.2, 0.25) is 0 Å². The van der Waals surface area contributed by atoms with Crippen LogP contribution < -0.4 is 0 Å². The van der Waals surface area contributed by atoms with E-state index in [4.69, 9.17) is 0 Å². The third-order valence-corrected chi connectivity index (χ3v) is 3.26. The topological polar surface area (TPSA) is 34.1 Å². The Kier molecular flexibility index (Phi) is 5.88. The Hall–Kier alpha value is -1.18. The molecule has 0 fully saturated rings. The second-order valence-electron chi connectivity index (χ2n) is 4.99. The minimum Gasteiger partial charge on any atom is -0.303 e. The smallest absolute Gasteiger partial charge is 0.143 e. The standard InChI is InChI=1S/C15H22O2/c1-12(2)4-3-5-13-6-8-14(9-7-13)15(17)10-11-16/h4,6,11,14H,3,5,7-10H2,1-2H3. The Morgan fingerprint density at radius 1 is 1.47 bits per heavy atom. The fourth-order valence-electron chi connectivity index (χ4n) is 2.20. The summed E-state index contributed by atoms with van der Waals surface area (Å²) in [5.74, 6) is 0.201.